The average Bonchev–Trinajstić information content (AvgIpc) is 3.26. The van der Waals surface area contributed by atoms with Gasteiger partial charge in [-0.2, -0.15) is 0 Å². The van der Waals surface area contributed by atoms with Gasteiger partial charge in [0, 0.05) is 38.6 Å². The van der Waals surface area contributed by atoms with Crippen LogP contribution >= 0.6 is 0 Å². The van der Waals surface area contributed by atoms with E-state index < -0.39 is 0 Å². The summed E-state index contributed by atoms with van der Waals surface area (Å²) in [6.07, 6.45) is 7.77. The van der Waals surface area contributed by atoms with Gasteiger partial charge >= 0.3 is 0 Å². The molecule has 3 aromatic heterocycles. The SMILES string of the molecule is CN(CCCn1ccnc1)C(=O)c1cc(-c2ccco2)on1. The van der Waals surface area contributed by atoms with Gasteiger partial charge in [-0.3, -0.25) is 4.79 Å². The minimum atomic E-state index is -0.174. The summed E-state index contributed by atoms with van der Waals surface area (Å²) >= 11 is 0. The Bertz CT molecular complexity index is 716. The van der Waals surface area contributed by atoms with Crippen molar-refractivity contribution in [2.24, 2.45) is 0 Å². The summed E-state index contributed by atoms with van der Waals surface area (Å²) in [5, 5.41) is 3.81. The second-order valence-electron chi connectivity index (χ2n) is 4.93. The molecule has 0 saturated heterocycles. The van der Waals surface area contributed by atoms with Crippen LogP contribution in [0.4, 0.5) is 0 Å². The minimum Gasteiger partial charge on any atom is -0.461 e. The molecule has 0 aromatic carbocycles. The molecule has 22 heavy (non-hydrogen) atoms. The van der Waals surface area contributed by atoms with Crippen molar-refractivity contribution >= 4 is 5.91 Å². The third-order valence-electron chi connectivity index (χ3n) is 3.31. The molecule has 0 saturated carbocycles. The summed E-state index contributed by atoms with van der Waals surface area (Å²) in [6.45, 7) is 1.44. The Labute approximate surface area is 127 Å². The monoisotopic (exact) mass is 300 g/mol. The second kappa shape index (κ2) is 6.30. The van der Waals surface area contributed by atoms with Crippen LogP contribution in [-0.2, 0) is 6.54 Å². The van der Waals surface area contributed by atoms with Gasteiger partial charge in [-0.15, -0.1) is 0 Å². The first-order valence-corrected chi connectivity index (χ1v) is 6.96. The molecular weight excluding hydrogens is 284 g/mol. The van der Waals surface area contributed by atoms with Crippen LogP contribution in [0.3, 0.4) is 0 Å². The number of hydrogen-bond acceptors (Lipinski definition) is 5. The molecule has 0 unspecified atom stereocenters. The maximum absolute atomic E-state index is 12.3. The fraction of sp³-hybridized carbons (Fsp3) is 0.267. The zero-order valence-electron chi connectivity index (χ0n) is 12.2. The summed E-state index contributed by atoms with van der Waals surface area (Å²) in [5.41, 5.74) is 0.275. The van der Waals surface area contributed by atoms with Crippen molar-refractivity contribution in [3.05, 3.63) is 48.9 Å². The molecule has 0 radical (unpaired) electrons. The van der Waals surface area contributed by atoms with Gasteiger partial charge in [0.05, 0.1) is 12.6 Å². The number of carbonyl (C=O) groups is 1. The predicted octanol–water partition coefficient (Wildman–Crippen LogP) is 2.29. The third kappa shape index (κ3) is 3.08. The molecule has 0 N–H and O–H groups in total. The average molecular weight is 300 g/mol. The standard InChI is InChI=1S/C15H16N4O3/c1-18(6-3-7-19-8-5-16-11-19)15(20)12-10-14(22-17-12)13-4-2-9-21-13/h2,4-5,8-11H,3,6-7H2,1H3. The lowest BCUT2D eigenvalue weighted by molar-refractivity contribution is 0.0781. The molecule has 7 heteroatoms. The van der Waals surface area contributed by atoms with Crippen molar-refractivity contribution in [2.75, 3.05) is 13.6 Å². The molecule has 3 heterocycles. The van der Waals surface area contributed by atoms with Crippen LogP contribution in [0.15, 0.2) is 52.1 Å². The molecule has 114 valence electrons. The molecule has 0 aliphatic rings. The number of nitrogens with zero attached hydrogens (tertiary/aromatic N) is 4. The minimum absolute atomic E-state index is 0.174. The van der Waals surface area contributed by atoms with Crippen LogP contribution in [0.1, 0.15) is 16.9 Å². The van der Waals surface area contributed by atoms with Gasteiger partial charge < -0.3 is 18.4 Å². The first-order chi connectivity index (χ1) is 10.7. The normalized spacial score (nSPS) is 10.8. The van der Waals surface area contributed by atoms with E-state index in [1.165, 1.54) is 0 Å². The Hall–Kier alpha value is -2.83. The molecule has 7 nitrogen and oxygen atoms in total. The molecule has 0 spiro atoms. The molecule has 3 rings (SSSR count). The van der Waals surface area contributed by atoms with E-state index in [1.54, 1.807) is 48.9 Å². The van der Waals surface area contributed by atoms with E-state index in [1.807, 2.05) is 10.8 Å². The highest BCUT2D eigenvalue weighted by Gasteiger charge is 2.18. The van der Waals surface area contributed by atoms with Gasteiger partial charge in [0.15, 0.2) is 11.5 Å². The zero-order valence-corrected chi connectivity index (χ0v) is 12.2. The number of carbonyl (C=O) groups excluding carboxylic acids is 1. The Kier molecular flexibility index (Phi) is 4.04. The van der Waals surface area contributed by atoms with Crippen molar-refractivity contribution < 1.29 is 13.7 Å². The zero-order chi connectivity index (χ0) is 15.4. The number of amides is 1. The fourth-order valence-corrected chi connectivity index (χ4v) is 2.12. The van der Waals surface area contributed by atoms with Gasteiger partial charge in [0.1, 0.15) is 0 Å². The number of imidazole rings is 1. The van der Waals surface area contributed by atoms with Crippen molar-refractivity contribution in [2.45, 2.75) is 13.0 Å². The van der Waals surface area contributed by atoms with E-state index >= 15 is 0 Å². The first kappa shape index (κ1) is 14.1. The lowest BCUT2D eigenvalue weighted by Gasteiger charge is -2.15. The van der Waals surface area contributed by atoms with Crippen molar-refractivity contribution in [1.29, 1.82) is 0 Å². The largest absolute Gasteiger partial charge is 0.461 e. The first-order valence-electron chi connectivity index (χ1n) is 6.96. The topological polar surface area (TPSA) is 77.3 Å². The lowest BCUT2D eigenvalue weighted by atomic mass is 10.3. The molecule has 0 bridgehead atoms. The van der Waals surface area contributed by atoms with Crippen LogP contribution in [0.5, 0.6) is 0 Å². The summed E-state index contributed by atoms with van der Waals surface area (Å²) in [5.74, 6) is 0.821. The second-order valence-corrected chi connectivity index (χ2v) is 4.93. The smallest absolute Gasteiger partial charge is 0.275 e. The Morgan fingerprint density at radius 1 is 1.41 bits per heavy atom. The molecule has 0 fully saturated rings. The summed E-state index contributed by atoms with van der Waals surface area (Å²) < 4.78 is 12.3. The maximum Gasteiger partial charge on any atom is 0.275 e. The summed E-state index contributed by atoms with van der Waals surface area (Å²) in [6, 6.07) is 5.10. The third-order valence-corrected chi connectivity index (χ3v) is 3.31. The van der Waals surface area contributed by atoms with Gasteiger partial charge in [-0.05, 0) is 18.6 Å². The van der Waals surface area contributed by atoms with E-state index in [0.29, 0.717) is 18.1 Å². The highest BCUT2D eigenvalue weighted by atomic mass is 16.5. The van der Waals surface area contributed by atoms with Crippen LogP contribution in [0.2, 0.25) is 0 Å². The molecule has 0 aliphatic carbocycles. The van der Waals surface area contributed by atoms with Crippen molar-refractivity contribution in [3.8, 4) is 11.5 Å². The van der Waals surface area contributed by atoms with E-state index in [4.69, 9.17) is 8.94 Å². The summed E-state index contributed by atoms with van der Waals surface area (Å²) in [7, 11) is 1.75. The van der Waals surface area contributed by atoms with E-state index in [2.05, 4.69) is 10.1 Å². The van der Waals surface area contributed by atoms with Gasteiger partial charge in [0.25, 0.3) is 5.91 Å². The molecular formula is C15H16N4O3. The van der Waals surface area contributed by atoms with E-state index in [9.17, 15) is 4.79 Å². The predicted molar refractivity (Wildman–Crippen MR) is 78.0 cm³/mol. The molecule has 0 aliphatic heterocycles. The van der Waals surface area contributed by atoms with E-state index in [-0.39, 0.29) is 11.6 Å². The fourth-order valence-electron chi connectivity index (χ4n) is 2.12. The maximum atomic E-state index is 12.3. The van der Waals surface area contributed by atoms with E-state index in [0.717, 1.165) is 13.0 Å². The summed E-state index contributed by atoms with van der Waals surface area (Å²) in [4.78, 5) is 17.9. The van der Waals surface area contributed by atoms with Gasteiger partial charge in [0.2, 0.25) is 5.76 Å². The molecule has 0 atom stereocenters. The van der Waals surface area contributed by atoms with Gasteiger partial charge in [-0.25, -0.2) is 4.98 Å². The van der Waals surface area contributed by atoms with Crippen molar-refractivity contribution in [1.82, 2.24) is 19.6 Å². The van der Waals surface area contributed by atoms with Crippen molar-refractivity contribution in [3.63, 3.8) is 0 Å². The Balaban J connectivity index is 1.56. The number of rotatable bonds is 6. The molecule has 1 amide bonds. The lowest BCUT2D eigenvalue weighted by Crippen LogP contribution is -2.28. The van der Waals surface area contributed by atoms with Crippen LogP contribution in [0, 0.1) is 0 Å². The Morgan fingerprint density at radius 3 is 3.05 bits per heavy atom. The Morgan fingerprint density at radius 2 is 2.32 bits per heavy atom. The quantitative estimate of drug-likeness (QED) is 0.698. The number of furan rings is 1. The number of hydrogen-bond donors (Lipinski definition) is 0. The number of aryl methyl sites for hydroxylation is 1. The van der Waals surface area contributed by atoms with Crippen LogP contribution < -0.4 is 0 Å². The highest BCUT2D eigenvalue weighted by Crippen LogP contribution is 2.21. The van der Waals surface area contributed by atoms with Gasteiger partial charge in [-0.1, -0.05) is 5.16 Å². The highest BCUT2D eigenvalue weighted by molar-refractivity contribution is 5.92. The molecule has 3 aromatic rings. The number of aromatic nitrogens is 3. The van der Waals surface area contributed by atoms with Crippen LogP contribution in [-0.4, -0.2) is 39.1 Å². The van der Waals surface area contributed by atoms with Crippen LogP contribution in [0.25, 0.3) is 11.5 Å².